The van der Waals surface area contributed by atoms with Crippen molar-refractivity contribution >= 4 is 5.78 Å². The quantitative estimate of drug-likeness (QED) is 0.709. The molecular weight excluding hydrogens is 162 g/mol. The molecule has 2 heteroatoms. The van der Waals surface area contributed by atoms with E-state index in [0.29, 0.717) is 6.42 Å². The Morgan fingerprint density at radius 3 is 2.62 bits per heavy atom. The molecule has 0 bridgehead atoms. The maximum Gasteiger partial charge on any atom is 0.157 e. The van der Waals surface area contributed by atoms with Crippen LogP contribution >= 0.6 is 0 Å². The summed E-state index contributed by atoms with van der Waals surface area (Å²) >= 11 is 0. The van der Waals surface area contributed by atoms with E-state index in [1.54, 1.807) is 6.08 Å². The summed E-state index contributed by atoms with van der Waals surface area (Å²) in [6.45, 7) is 3.50. The zero-order valence-electron chi connectivity index (χ0n) is 7.44. The van der Waals surface area contributed by atoms with Crippen LogP contribution in [0.2, 0.25) is 0 Å². The van der Waals surface area contributed by atoms with Crippen molar-refractivity contribution < 1.29 is 4.79 Å². The van der Waals surface area contributed by atoms with Crippen LogP contribution in [0.25, 0.3) is 0 Å². The van der Waals surface area contributed by atoms with Gasteiger partial charge >= 0.3 is 0 Å². The molecule has 2 N–H and O–H groups in total. The lowest BCUT2D eigenvalue weighted by atomic mass is 10.0. The zero-order valence-corrected chi connectivity index (χ0v) is 7.44. The first-order valence-corrected chi connectivity index (χ1v) is 4.20. The number of allylic oxidation sites excluding steroid dienone is 1. The van der Waals surface area contributed by atoms with E-state index in [9.17, 15) is 4.79 Å². The van der Waals surface area contributed by atoms with Gasteiger partial charge in [-0.3, -0.25) is 4.79 Å². The molecule has 13 heavy (non-hydrogen) atoms. The standard InChI is InChI=1S/C11H13NO/c1-2-6-10(13)11(12)9-7-4-3-5-8-9/h2-5,7-8,11H,1,6,12H2. The van der Waals surface area contributed by atoms with Crippen LogP contribution in [-0.4, -0.2) is 5.78 Å². The summed E-state index contributed by atoms with van der Waals surface area (Å²) in [6, 6.07) is 8.83. The molecule has 1 rings (SSSR count). The van der Waals surface area contributed by atoms with Gasteiger partial charge in [-0.1, -0.05) is 36.4 Å². The topological polar surface area (TPSA) is 43.1 Å². The number of Topliss-reactive ketones (excluding diaryl/α,β-unsaturated/α-hetero) is 1. The molecular formula is C11H13NO. The molecule has 0 saturated heterocycles. The molecule has 1 unspecified atom stereocenters. The van der Waals surface area contributed by atoms with Gasteiger partial charge in [0, 0.05) is 6.42 Å². The molecule has 0 fully saturated rings. The molecule has 0 aromatic heterocycles. The highest BCUT2D eigenvalue weighted by atomic mass is 16.1. The Kier molecular flexibility index (Phi) is 3.41. The van der Waals surface area contributed by atoms with Crippen LogP contribution in [0, 0.1) is 0 Å². The summed E-state index contributed by atoms with van der Waals surface area (Å²) in [7, 11) is 0. The number of ketones is 1. The Hall–Kier alpha value is -1.41. The molecule has 0 heterocycles. The van der Waals surface area contributed by atoms with E-state index in [2.05, 4.69) is 6.58 Å². The summed E-state index contributed by atoms with van der Waals surface area (Å²) in [5, 5.41) is 0. The van der Waals surface area contributed by atoms with Crippen LogP contribution in [0.15, 0.2) is 43.0 Å². The third kappa shape index (κ3) is 2.53. The second-order valence-electron chi connectivity index (χ2n) is 2.85. The highest BCUT2D eigenvalue weighted by Crippen LogP contribution is 2.11. The molecule has 1 aromatic rings. The predicted molar refractivity (Wildman–Crippen MR) is 53.2 cm³/mol. The molecule has 1 aromatic carbocycles. The van der Waals surface area contributed by atoms with E-state index in [1.807, 2.05) is 30.3 Å². The van der Waals surface area contributed by atoms with Gasteiger partial charge in [-0.15, -0.1) is 6.58 Å². The van der Waals surface area contributed by atoms with E-state index >= 15 is 0 Å². The van der Waals surface area contributed by atoms with Gasteiger partial charge in [-0.05, 0) is 5.56 Å². The molecule has 0 amide bonds. The number of hydrogen-bond acceptors (Lipinski definition) is 2. The van der Waals surface area contributed by atoms with Crippen LogP contribution in [0.5, 0.6) is 0 Å². The largest absolute Gasteiger partial charge is 0.318 e. The minimum Gasteiger partial charge on any atom is -0.318 e. The average molecular weight is 175 g/mol. The molecule has 0 saturated carbocycles. The number of carbonyl (C=O) groups excluding carboxylic acids is 1. The zero-order chi connectivity index (χ0) is 9.68. The van der Waals surface area contributed by atoms with Crippen LogP contribution in [-0.2, 0) is 4.79 Å². The van der Waals surface area contributed by atoms with Gasteiger partial charge < -0.3 is 5.73 Å². The predicted octanol–water partition coefficient (Wildman–Crippen LogP) is 1.83. The highest BCUT2D eigenvalue weighted by Gasteiger charge is 2.12. The molecule has 2 nitrogen and oxygen atoms in total. The monoisotopic (exact) mass is 175 g/mol. The number of rotatable bonds is 4. The first kappa shape index (κ1) is 9.68. The van der Waals surface area contributed by atoms with Gasteiger partial charge in [0.05, 0.1) is 6.04 Å². The lowest BCUT2D eigenvalue weighted by Crippen LogP contribution is -2.20. The summed E-state index contributed by atoms with van der Waals surface area (Å²) in [6.07, 6.45) is 1.90. The fraction of sp³-hybridized carbons (Fsp3) is 0.182. The third-order valence-corrected chi connectivity index (χ3v) is 1.85. The van der Waals surface area contributed by atoms with Crippen LogP contribution in [0.3, 0.4) is 0 Å². The third-order valence-electron chi connectivity index (χ3n) is 1.85. The van der Waals surface area contributed by atoms with Crippen LogP contribution in [0.4, 0.5) is 0 Å². The SMILES string of the molecule is C=CCC(=O)C(N)c1ccccc1. The Morgan fingerprint density at radius 2 is 2.08 bits per heavy atom. The number of carbonyl (C=O) groups is 1. The van der Waals surface area contributed by atoms with Gasteiger partial charge in [-0.2, -0.15) is 0 Å². The normalized spacial score (nSPS) is 12.1. The van der Waals surface area contributed by atoms with Crippen molar-refractivity contribution in [1.29, 1.82) is 0 Å². The van der Waals surface area contributed by atoms with Gasteiger partial charge in [0.1, 0.15) is 0 Å². The first-order chi connectivity index (χ1) is 6.25. The minimum atomic E-state index is -0.515. The van der Waals surface area contributed by atoms with Crippen LogP contribution < -0.4 is 5.73 Å². The molecule has 1 atom stereocenters. The fourth-order valence-corrected chi connectivity index (χ4v) is 1.12. The first-order valence-electron chi connectivity index (χ1n) is 4.20. The molecule has 0 spiro atoms. The van der Waals surface area contributed by atoms with Gasteiger partial charge in [-0.25, -0.2) is 0 Å². The van der Waals surface area contributed by atoms with Gasteiger partial charge in [0.25, 0.3) is 0 Å². The second kappa shape index (κ2) is 4.58. The fourth-order valence-electron chi connectivity index (χ4n) is 1.12. The lowest BCUT2D eigenvalue weighted by Gasteiger charge is -2.08. The van der Waals surface area contributed by atoms with Crippen molar-refractivity contribution in [1.82, 2.24) is 0 Å². The smallest absolute Gasteiger partial charge is 0.157 e. The Labute approximate surface area is 78.1 Å². The molecule has 0 aliphatic rings. The minimum absolute atomic E-state index is 0.00111. The van der Waals surface area contributed by atoms with Crippen molar-refractivity contribution in [2.45, 2.75) is 12.5 Å². The van der Waals surface area contributed by atoms with E-state index < -0.39 is 6.04 Å². The summed E-state index contributed by atoms with van der Waals surface area (Å²) < 4.78 is 0. The van der Waals surface area contributed by atoms with Crippen molar-refractivity contribution in [2.24, 2.45) is 5.73 Å². The average Bonchev–Trinajstić information content (AvgIpc) is 2.18. The van der Waals surface area contributed by atoms with Gasteiger partial charge in [0.15, 0.2) is 5.78 Å². The molecule has 68 valence electrons. The maximum atomic E-state index is 11.3. The van der Waals surface area contributed by atoms with E-state index in [-0.39, 0.29) is 5.78 Å². The Morgan fingerprint density at radius 1 is 1.46 bits per heavy atom. The number of nitrogens with two attached hydrogens (primary N) is 1. The van der Waals surface area contributed by atoms with Crippen molar-refractivity contribution in [2.75, 3.05) is 0 Å². The summed E-state index contributed by atoms with van der Waals surface area (Å²) in [5.41, 5.74) is 6.58. The van der Waals surface area contributed by atoms with Crippen molar-refractivity contribution in [3.63, 3.8) is 0 Å². The number of hydrogen-bond donors (Lipinski definition) is 1. The van der Waals surface area contributed by atoms with E-state index in [0.717, 1.165) is 5.56 Å². The Bertz CT molecular complexity index is 292. The summed E-state index contributed by atoms with van der Waals surface area (Å²) in [5.74, 6) is 0.00111. The Balaban J connectivity index is 2.73. The highest BCUT2D eigenvalue weighted by molar-refractivity contribution is 5.86. The van der Waals surface area contributed by atoms with Crippen LogP contribution in [0.1, 0.15) is 18.0 Å². The molecule has 0 aliphatic heterocycles. The summed E-state index contributed by atoms with van der Waals surface area (Å²) in [4.78, 5) is 11.3. The van der Waals surface area contributed by atoms with E-state index in [4.69, 9.17) is 5.73 Å². The maximum absolute atomic E-state index is 11.3. The van der Waals surface area contributed by atoms with Crippen molar-refractivity contribution in [3.05, 3.63) is 48.6 Å². The molecule has 0 radical (unpaired) electrons. The van der Waals surface area contributed by atoms with Crippen molar-refractivity contribution in [3.8, 4) is 0 Å². The second-order valence-corrected chi connectivity index (χ2v) is 2.85. The lowest BCUT2D eigenvalue weighted by molar-refractivity contribution is -0.119. The molecule has 0 aliphatic carbocycles. The van der Waals surface area contributed by atoms with E-state index in [1.165, 1.54) is 0 Å². The van der Waals surface area contributed by atoms with Gasteiger partial charge in [0.2, 0.25) is 0 Å². The number of benzene rings is 1.